The highest BCUT2D eigenvalue weighted by atomic mass is 32.3. The van der Waals surface area contributed by atoms with Crippen LogP contribution in [-0.4, -0.2) is 35.2 Å². The number of phenols is 1. The highest BCUT2D eigenvalue weighted by Gasteiger charge is 2.20. The number of rotatable bonds is 6. The molecular formula is C9H11NO7S. The summed E-state index contributed by atoms with van der Waals surface area (Å²) in [6.07, 6.45) is -0.0921. The monoisotopic (exact) mass is 277 g/mol. The van der Waals surface area contributed by atoms with Crippen LogP contribution in [-0.2, 0) is 25.9 Å². The largest absolute Gasteiger partial charge is 0.508 e. The first-order valence-electron chi connectivity index (χ1n) is 4.70. The molecule has 8 nitrogen and oxygen atoms in total. The second-order valence-corrected chi connectivity index (χ2v) is 4.41. The number of nitrogens with one attached hydrogen (secondary N) is 1. The van der Waals surface area contributed by atoms with E-state index in [-0.39, 0.29) is 12.2 Å². The van der Waals surface area contributed by atoms with Crippen LogP contribution in [0.3, 0.4) is 0 Å². The summed E-state index contributed by atoms with van der Waals surface area (Å²) >= 11 is 0. The second kappa shape index (κ2) is 5.78. The SMILES string of the molecule is O=C(O)[C@H](Cc1ccc(O)cc1)NOS(=O)(=O)O. The summed E-state index contributed by atoms with van der Waals surface area (Å²) in [7, 11) is -4.77. The van der Waals surface area contributed by atoms with Gasteiger partial charge in [0.2, 0.25) is 0 Å². The Kier molecular flexibility index (Phi) is 4.62. The van der Waals surface area contributed by atoms with Crippen molar-refractivity contribution in [1.82, 2.24) is 5.48 Å². The van der Waals surface area contributed by atoms with Gasteiger partial charge in [0.1, 0.15) is 11.8 Å². The van der Waals surface area contributed by atoms with Crippen LogP contribution in [0.25, 0.3) is 0 Å². The van der Waals surface area contributed by atoms with Gasteiger partial charge in [0.15, 0.2) is 0 Å². The van der Waals surface area contributed by atoms with Gasteiger partial charge in [-0.15, -0.1) is 0 Å². The molecule has 0 bridgehead atoms. The number of aliphatic carboxylic acids is 1. The molecule has 0 fully saturated rings. The van der Waals surface area contributed by atoms with Crippen LogP contribution in [0, 0.1) is 0 Å². The molecule has 0 amide bonds. The molecular weight excluding hydrogens is 266 g/mol. The molecule has 0 aliphatic heterocycles. The molecule has 1 aromatic rings. The number of hydrogen-bond acceptors (Lipinski definition) is 6. The van der Waals surface area contributed by atoms with Gasteiger partial charge in [-0.3, -0.25) is 9.35 Å². The van der Waals surface area contributed by atoms with Gasteiger partial charge in [-0.05, 0) is 17.7 Å². The minimum atomic E-state index is -4.77. The van der Waals surface area contributed by atoms with Gasteiger partial charge in [-0.2, -0.15) is 18.2 Å². The summed E-state index contributed by atoms with van der Waals surface area (Å²) in [4.78, 5) is 10.8. The van der Waals surface area contributed by atoms with E-state index in [9.17, 15) is 13.2 Å². The van der Waals surface area contributed by atoms with Crippen LogP contribution in [0.2, 0.25) is 0 Å². The third kappa shape index (κ3) is 5.10. The number of aromatic hydroxyl groups is 1. The van der Waals surface area contributed by atoms with E-state index in [2.05, 4.69) is 4.28 Å². The van der Waals surface area contributed by atoms with Crippen molar-refractivity contribution >= 4 is 16.4 Å². The average Bonchev–Trinajstić information content (AvgIpc) is 2.25. The molecule has 4 N–H and O–H groups in total. The lowest BCUT2D eigenvalue weighted by Crippen LogP contribution is -2.39. The van der Waals surface area contributed by atoms with E-state index in [0.29, 0.717) is 5.56 Å². The number of hydroxylamine groups is 1. The molecule has 0 aromatic heterocycles. The van der Waals surface area contributed by atoms with Gasteiger partial charge in [0, 0.05) is 6.42 Å². The predicted octanol–water partition coefficient (Wildman–Crippen LogP) is -0.288. The van der Waals surface area contributed by atoms with Gasteiger partial charge < -0.3 is 10.2 Å². The van der Waals surface area contributed by atoms with E-state index in [1.165, 1.54) is 24.3 Å². The highest BCUT2D eigenvalue weighted by Crippen LogP contribution is 2.11. The molecule has 0 radical (unpaired) electrons. The van der Waals surface area contributed by atoms with Crippen molar-refractivity contribution in [2.75, 3.05) is 0 Å². The summed E-state index contributed by atoms with van der Waals surface area (Å²) in [5.74, 6) is -1.33. The summed E-state index contributed by atoms with van der Waals surface area (Å²) in [6.45, 7) is 0. The minimum Gasteiger partial charge on any atom is -0.508 e. The van der Waals surface area contributed by atoms with Crippen molar-refractivity contribution in [2.24, 2.45) is 0 Å². The smallest absolute Gasteiger partial charge is 0.413 e. The quantitative estimate of drug-likeness (QED) is 0.412. The fourth-order valence-electron chi connectivity index (χ4n) is 1.17. The van der Waals surface area contributed by atoms with E-state index in [1.54, 1.807) is 5.48 Å². The number of carboxylic acid groups (broad SMARTS) is 1. The molecule has 100 valence electrons. The van der Waals surface area contributed by atoms with E-state index >= 15 is 0 Å². The molecule has 0 unspecified atom stereocenters. The van der Waals surface area contributed by atoms with Gasteiger partial charge in [0.05, 0.1) is 0 Å². The third-order valence-corrected chi connectivity index (χ3v) is 2.28. The summed E-state index contributed by atoms with van der Waals surface area (Å²) < 4.78 is 32.7. The van der Waals surface area contributed by atoms with Crippen LogP contribution in [0.5, 0.6) is 5.75 Å². The van der Waals surface area contributed by atoms with Crippen molar-refractivity contribution < 1.29 is 32.3 Å². The lowest BCUT2D eigenvalue weighted by molar-refractivity contribution is -0.141. The summed E-state index contributed by atoms with van der Waals surface area (Å²) in [5.41, 5.74) is 2.26. The highest BCUT2D eigenvalue weighted by molar-refractivity contribution is 7.80. The van der Waals surface area contributed by atoms with Crippen LogP contribution in [0.15, 0.2) is 24.3 Å². The Morgan fingerprint density at radius 3 is 2.33 bits per heavy atom. The number of benzene rings is 1. The fourth-order valence-corrected chi connectivity index (χ4v) is 1.40. The van der Waals surface area contributed by atoms with Crippen molar-refractivity contribution in [3.8, 4) is 5.75 Å². The standard InChI is InChI=1S/C9H11NO7S/c11-7-3-1-6(2-4-7)5-8(9(12)13)10-17-18(14,15)16/h1-4,8,10-11H,5H2,(H,12,13)(H,14,15,16)/t8-/m0/s1. The Labute approximate surface area is 103 Å². The topological polar surface area (TPSA) is 133 Å². The first-order chi connectivity index (χ1) is 8.28. The van der Waals surface area contributed by atoms with Gasteiger partial charge in [-0.1, -0.05) is 12.1 Å². The molecule has 1 rings (SSSR count). The Bertz CT molecular complexity index is 510. The normalized spacial score (nSPS) is 13.2. The van der Waals surface area contributed by atoms with E-state index in [4.69, 9.17) is 14.8 Å². The van der Waals surface area contributed by atoms with Gasteiger partial charge in [0.25, 0.3) is 0 Å². The van der Waals surface area contributed by atoms with Crippen molar-refractivity contribution in [3.05, 3.63) is 29.8 Å². The van der Waals surface area contributed by atoms with Crippen molar-refractivity contribution in [1.29, 1.82) is 0 Å². The Morgan fingerprint density at radius 1 is 1.33 bits per heavy atom. The zero-order chi connectivity index (χ0) is 13.8. The first-order valence-corrected chi connectivity index (χ1v) is 6.06. The summed E-state index contributed by atoms with van der Waals surface area (Å²) in [6, 6.07) is 4.30. The Hall–Kier alpha value is -1.68. The maximum Gasteiger partial charge on any atom is 0.413 e. The molecule has 0 aliphatic rings. The maximum atomic E-state index is 10.8. The van der Waals surface area contributed by atoms with Crippen LogP contribution in [0.1, 0.15) is 5.56 Å². The van der Waals surface area contributed by atoms with Gasteiger partial charge in [-0.25, -0.2) is 0 Å². The molecule has 0 saturated carbocycles. The fraction of sp³-hybridized carbons (Fsp3) is 0.222. The lowest BCUT2D eigenvalue weighted by Gasteiger charge is -2.12. The van der Waals surface area contributed by atoms with E-state index < -0.39 is 22.4 Å². The molecule has 0 aliphatic carbocycles. The van der Waals surface area contributed by atoms with E-state index in [1.807, 2.05) is 0 Å². The Morgan fingerprint density at radius 2 is 1.89 bits per heavy atom. The first kappa shape index (κ1) is 14.4. The Balaban J connectivity index is 2.69. The van der Waals surface area contributed by atoms with Crippen LogP contribution < -0.4 is 5.48 Å². The van der Waals surface area contributed by atoms with Crippen molar-refractivity contribution in [2.45, 2.75) is 12.5 Å². The number of carboxylic acids is 1. The molecule has 1 aromatic carbocycles. The maximum absolute atomic E-state index is 10.8. The zero-order valence-electron chi connectivity index (χ0n) is 8.98. The third-order valence-electron chi connectivity index (χ3n) is 1.97. The molecule has 9 heteroatoms. The van der Waals surface area contributed by atoms with Crippen molar-refractivity contribution in [3.63, 3.8) is 0 Å². The average molecular weight is 277 g/mol. The number of phenolic OH excluding ortho intramolecular Hbond substituents is 1. The van der Waals surface area contributed by atoms with Gasteiger partial charge >= 0.3 is 16.4 Å². The lowest BCUT2D eigenvalue weighted by atomic mass is 10.1. The molecule has 18 heavy (non-hydrogen) atoms. The summed E-state index contributed by atoms with van der Waals surface area (Å²) in [5, 5.41) is 17.9. The van der Waals surface area contributed by atoms with Crippen LogP contribution in [0.4, 0.5) is 0 Å². The van der Waals surface area contributed by atoms with E-state index in [0.717, 1.165) is 0 Å². The minimum absolute atomic E-state index is 0.0211. The molecule has 0 saturated heterocycles. The molecule has 0 spiro atoms. The predicted molar refractivity (Wildman–Crippen MR) is 59.0 cm³/mol. The zero-order valence-corrected chi connectivity index (χ0v) is 9.79. The molecule has 0 heterocycles. The molecule has 1 atom stereocenters. The number of carbonyl (C=O) groups is 1. The van der Waals surface area contributed by atoms with Crippen LogP contribution >= 0.6 is 0 Å². The second-order valence-electron chi connectivity index (χ2n) is 3.39. The number of hydrogen-bond donors (Lipinski definition) is 4.